The Morgan fingerprint density at radius 1 is 1.73 bits per heavy atom. The van der Waals surface area contributed by atoms with Crippen molar-refractivity contribution in [1.82, 2.24) is 10.3 Å². The second-order valence-corrected chi connectivity index (χ2v) is 3.86. The Balaban J connectivity index is 1.98. The van der Waals surface area contributed by atoms with Crippen molar-refractivity contribution in [3.8, 4) is 5.75 Å². The van der Waals surface area contributed by atoms with Crippen LogP contribution < -0.4 is 10.1 Å². The van der Waals surface area contributed by atoms with Crippen molar-refractivity contribution in [1.29, 1.82) is 0 Å². The molecule has 1 aromatic heterocycles. The first-order valence-electron chi connectivity index (χ1n) is 4.94. The summed E-state index contributed by atoms with van der Waals surface area (Å²) >= 11 is 5.85. The van der Waals surface area contributed by atoms with Crippen LogP contribution in [0.4, 0.5) is 0 Å². The van der Waals surface area contributed by atoms with Crippen LogP contribution in [0.5, 0.6) is 5.75 Å². The first kappa shape index (κ1) is 10.5. The fourth-order valence-electron chi connectivity index (χ4n) is 1.35. The first-order valence-corrected chi connectivity index (χ1v) is 5.31. The van der Waals surface area contributed by atoms with Gasteiger partial charge in [-0.15, -0.1) is 0 Å². The molecule has 2 heterocycles. The molecule has 1 aliphatic rings. The Morgan fingerprint density at radius 2 is 2.53 bits per heavy atom. The number of rotatable bonds is 4. The predicted molar refractivity (Wildman–Crippen MR) is 61.2 cm³/mol. The molecule has 4 heteroatoms. The Morgan fingerprint density at radius 3 is 3.13 bits per heavy atom. The van der Waals surface area contributed by atoms with Gasteiger partial charge in [0.15, 0.2) is 0 Å². The van der Waals surface area contributed by atoms with Gasteiger partial charge in [0, 0.05) is 11.6 Å². The molecule has 0 aromatic carbocycles. The van der Waals surface area contributed by atoms with E-state index in [1.807, 2.05) is 6.07 Å². The molecule has 0 amide bonds. The fourth-order valence-corrected chi connectivity index (χ4v) is 1.54. The quantitative estimate of drug-likeness (QED) is 0.796. The Hall–Kier alpha value is -1.06. The zero-order chi connectivity index (χ0) is 10.7. The van der Waals surface area contributed by atoms with Crippen molar-refractivity contribution in [2.45, 2.75) is 12.5 Å². The van der Waals surface area contributed by atoms with Gasteiger partial charge in [-0.3, -0.25) is 0 Å². The third-order valence-electron chi connectivity index (χ3n) is 2.44. The van der Waals surface area contributed by atoms with E-state index in [2.05, 4.69) is 16.9 Å². The maximum atomic E-state index is 5.85. The molecule has 0 spiro atoms. The molecule has 1 aromatic rings. The zero-order valence-corrected chi connectivity index (χ0v) is 9.13. The first-order chi connectivity index (χ1) is 7.29. The van der Waals surface area contributed by atoms with Crippen LogP contribution in [-0.4, -0.2) is 24.2 Å². The number of ether oxygens (including phenoxy) is 1. The summed E-state index contributed by atoms with van der Waals surface area (Å²) in [5.74, 6) is 0.739. The number of aromatic nitrogens is 1. The highest BCUT2D eigenvalue weighted by Gasteiger charge is 2.16. The van der Waals surface area contributed by atoms with E-state index in [9.17, 15) is 0 Å². The van der Waals surface area contributed by atoms with Crippen molar-refractivity contribution >= 4 is 17.7 Å². The van der Waals surface area contributed by atoms with E-state index in [0.29, 0.717) is 17.8 Å². The largest absolute Gasteiger partial charge is 0.490 e. The van der Waals surface area contributed by atoms with Crippen LogP contribution in [-0.2, 0) is 0 Å². The minimum atomic E-state index is 0.458. The molecule has 3 nitrogen and oxygen atoms in total. The number of hydrogen-bond acceptors (Lipinski definition) is 3. The lowest BCUT2D eigenvalue weighted by Gasteiger charge is -2.27. The molecule has 2 rings (SSSR count). The molecule has 1 fully saturated rings. The van der Waals surface area contributed by atoms with Gasteiger partial charge in [0.1, 0.15) is 17.5 Å². The molecule has 1 N–H and O–H groups in total. The van der Waals surface area contributed by atoms with Crippen LogP contribution in [0.15, 0.2) is 18.8 Å². The van der Waals surface area contributed by atoms with E-state index in [1.54, 1.807) is 12.3 Å². The summed E-state index contributed by atoms with van der Waals surface area (Å²) in [4.78, 5) is 4.02. The average molecular weight is 225 g/mol. The van der Waals surface area contributed by atoms with Crippen LogP contribution in [0.25, 0.3) is 6.08 Å². The van der Waals surface area contributed by atoms with E-state index >= 15 is 0 Å². The topological polar surface area (TPSA) is 34.1 Å². The van der Waals surface area contributed by atoms with Crippen molar-refractivity contribution in [2.75, 3.05) is 13.2 Å². The number of halogens is 1. The van der Waals surface area contributed by atoms with Gasteiger partial charge in [0.2, 0.25) is 0 Å². The Bertz CT molecular complexity index is 364. The molecular formula is C11H13ClN2O. The lowest BCUT2D eigenvalue weighted by molar-refractivity contribution is 0.217. The van der Waals surface area contributed by atoms with E-state index in [-0.39, 0.29) is 0 Å². The smallest absolute Gasteiger partial charge is 0.138 e. The lowest BCUT2D eigenvalue weighted by atomic mass is 10.1. The number of hydrogen-bond donors (Lipinski definition) is 1. The van der Waals surface area contributed by atoms with Crippen LogP contribution in [0.3, 0.4) is 0 Å². The molecule has 1 aliphatic heterocycles. The molecule has 1 atom stereocenters. The molecule has 1 saturated heterocycles. The third kappa shape index (κ3) is 2.49. The highest BCUT2D eigenvalue weighted by molar-refractivity contribution is 6.30. The third-order valence-corrected chi connectivity index (χ3v) is 2.75. The molecule has 80 valence electrons. The van der Waals surface area contributed by atoms with Crippen molar-refractivity contribution < 1.29 is 4.74 Å². The summed E-state index contributed by atoms with van der Waals surface area (Å²) in [6.45, 7) is 5.43. The van der Waals surface area contributed by atoms with Gasteiger partial charge in [-0.2, -0.15) is 0 Å². The van der Waals surface area contributed by atoms with Gasteiger partial charge in [0.25, 0.3) is 0 Å². The zero-order valence-electron chi connectivity index (χ0n) is 8.37. The Labute approximate surface area is 94.1 Å². The molecule has 0 bridgehead atoms. The number of pyridine rings is 1. The summed E-state index contributed by atoms with van der Waals surface area (Å²) in [7, 11) is 0. The van der Waals surface area contributed by atoms with Crippen LogP contribution in [0.1, 0.15) is 12.0 Å². The summed E-state index contributed by atoms with van der Waals surface area (Å²) in [6, 6.07) is 2.33. The fraction of sp³-hybridized carbons (Fsp3) is 0.364. The van der Waals surface area contributed by atoms with Crippen LogP contribution >= 0.6 is 11.6 Å². The lowest BCUT2D eigenvalue weighted by Crippen LogP contribution is -2.46. The summed E-state index contributed by atoms with van der Waals surface area (Å²) in [5.41, 5.74) is 0.802. The van der Waals surface area contributed by atoms with Gasteiger partial charge in [0.05, 0.1) is 6.20 Å². The second kappa shape index (κ2) is 4.64. The van der Waals surface area contributed by atoms with Crippen molar-refractivity contribution in [3.05, 3.63) is 29.6 Å². The van der Waals surface area contributed by atoms with E-state index in [0.717, 1.165) is 17.9 Å². The summed E-state index contributed by atoms with van der Waals surface area (Å²) < 4.78 is 5.58. The molecular weight excluding hydrogens is 212 g/mol. The average Bonchev–Trinajstić information content (AvgIpc) is 2.18. The standard InChI is InChI=1S/C11H13ClN2O/c1-2-8-5-10(6-14-11(8)12)15-7-9-3-4-13-9/h2,5-6,9,13H,1,3-4,7H2/t9-/m1/s1. The SMILES string of the molecule is C=Cc1cc(OC[C@H]2CCN2)cnc1Cl. The molecule has 0 saturated carbocycles. The van der Waals surface area contributed by atoms with Gasteiger partial charge >= 0.3 is 0 Å². The monoisotopic (exact) mass is 224 g/mol. The van der Waals surface area contributed by atoms with Crippen LogP contribution in [0.2, 0.25) is 5.15 Å². The van der Waals surface area contributed by atoms with Gasteiger partial charge < -0.3 is 10.1 Å². The molecule has 0 aliphatic carbocycles. The highest BCUT2D eigenvalue weighted by atomic mass is 35.5. The molecule has 0 radical (unpaired) electrons. The number of nitrogens with zero attached hydrogens (tertiary/aromatic N) is 1. The van der Waals surface area contributed by atoms with Crippen molar-refractivity contribution in [2.24, 2.45) is 0 Å². The predicted octanol–water partition coefficient (Wildman–Crippen LogP) is 2.12. The second-order valence-electron chi connectivity index (χ2n) is 3.51. The highest BCUT2D eigenvalue weighted by Crippen LogP contribution is 2.20. The Kier molecular flexibility index (Phi) is 3.23. The number of nitrogens with one attached hydrogen (secondary N) is 1. The van der Waals surface area contributed by atoms with E-state index in [1.165, 1.54) is 6.42 Å². The molecule has 15 heavy (non-hydrogen) atoms. The summed E-state index contributed by atoms with van der Waals surface area (Å²) in [5, 5.41) is 3.72. The van der Waals surface area contributed by atoms with Gasteiger partial charge in [-0.1, -0.05) is 24.3 Å². The normalized spacial score (nSPS) is 19.4. The maximum Gasteiger partial charge on any atom is 0.138 e. The van der Waals surface area contributed by atoms with E-state index < -0.39 is 0 Å². The van der Waals surface area contributed by atoms with Crippen LogP contribution in [0, 0.1) is 0 Å². The minimum Gasteiger partial charge on any atom is -0.490 e. The van der Waals surface area contributed by atoms with Gasteiger partial charge in [-0.05, 0) is 19.0 Å². The van der Waals surface area contributed by atoms with E-state index in [4.69, 9.17) is 16.3 Å². The van der Waals surface area contributed by atoms with Gasteiger partial charge in [-0.25, -0.2) is 4.98 Å². The van der Waals surface area contributed by atoms with Crippen molar-refractivity contribution in [3.63, 3.8) is 0 Å². The molecule has 0 unspecified atom stereocenters. The summed E-state index contributed by atoms with van der Waals surface area (Å²) in [6.07, 6.45) is 4.48. The minimum absolute atomic E-state index is 0.458. The maximum absolute atomic E-state index is 5.85.